The van der Waals surface area contributed by atoms with Crippen LogP contribution in [-0.4, -0.2) is 4.57 Å². The standard InChI is InChI=1S/C40H33NO/c1-4-5-7-18-32-25-30-14-12-20-33(39(30)42-32)28-15-13-24-41(31-16-8-6-9-17-31)38-27-35-34-19-10-11-21-36(34)40(2,3)37(35)26-29(38)23-22-28/h4-27H,1-3H3/b5-4-,18-7-,23-22?,24-13?,28-15?. The first kappa shape index (κ1) is 25.9. The maximum atomic E-state index is 6.36. The van der Waals surface area contributed by atoms with Gasteiger partial charge in [0.05, 0.1) is 5.52 Å². The van der Waals surface area contributed by atoms with Crippen molar-refractivity contribution in [2.75, 3.05) is 0 Å². The fourth-order valence-electron chi connectivity index (χ4n) is 6.29. The highest BCUT2D eigenvalue weighted by atomic mass is 16.3. The lowest BCUT2D eigenvalue weighted by Crippen LogP contribution is -2.14. The molecule has 1 aliphatic carbocycles. The summed E-state index contributed by atoms with van der Waals surface area (Å²) in [6, 6.07) is 41.5. The average Bonchev–Trinajstić information content (AvgIpc) is 3.55. The van der Waals surface area contributed by atoms with Gasteiger partial charge in [0.1, 0.15) is 11.3 Å². The van der Waals surface area contributed by atoms with Gasteiger partial charge in [-0.3, -0.25) is 0 Å². The average molecular weight is 544 g/mol. The second kappa shape index (κ2) is 10.4. The van der Waals surface area contributed by atoms with Crippen molar-refractivity contribution in [3.8, 4) is 27.9 Å². The zero-order valence-electron chi connectivity index (χ0n) is 24.2. The maximum Gasteiger partial charge on any atom is 0.142 e. The molecule has 7 rings (SSSR count). The molecule has 0 saturated carbocycles. The molecule has 2 heteroatoms. The monoisotopic (exact) mass is 543 g/mol. The number of nitrogens with zero attached hydrogens (tertiary/aromatic N) is 1. The van der Waals surface area contributed by atoms with Crippen LogP contribution in [-0.2, 0) is 5.41 Å². The van der Waals surface area contributed by atoms with Crippen molar-refractivity contribution in [3.63, 3.8) is 0 Å². The van der Waals surface area contributed by atoms with E-state index in [4.69, 9.17) is 4.42 Å². The van der Waals surface area contributed by atoms with Gasteiger partial charge in [0.15, 0.2) is 0 Å². The lowest BCUT2D eigenvalue weighted by atomic mass is 9.82. The Kier molecular flexibility index (Phi) is 6.40. The predicted octanol–water partition coefficient (Wildman–Crippen LogP) is 11.1. The Bertz CT molecular complexity index is 2070. The summed E-state index contributed by atoms with van der Waals surface area (Å²) >= 11 is 0. The van der Waals surface area contributed by atoms with Crippen LogP contribution >= 0.6 is 0 Å². The summed E-state index contributed by atoms with van der Waals surface area (Å²) in [5.41, 5.74) is 10.6. The van der Waals surface area contributed by atoms with Crippen molar-refractivity contribution in [2.45, 2.75) is 26.2 Å². The van der Waals surface area contributed by atoms with Crippen LogP contribution in [0.25, 0.3) is 55.9 Å². The predicted molar refractivity (Wildman–Crippen MR) is 178 cm³/mol. The third kappa shape index (κ3) is 4.37. The van der Waals surface area contributed by atoms with Crippen LogP contribution in [0, 0.1) is 0 Å². The maximum absolute atomic E-state index is 6.36. The Labute approximate surface area is 247 Å². The molecule has 0 unspecified atom stereocenters. The highest BCUT2D eigenvalue weighted by Gasteiger charge is 2.35. The quantitative estimate of drug-likeness (QED) is 0.202. The van der Waals surface area contributed by atoms with Crippen molar-refractivity contribution < 1.29 is 4.42 Å². The van der Waals surface area contributed by atoms with Gasteiger partial charge in [0.2, 0.25) is 0 Å². The van der Waals surface area contributed by atoms with Crippen molar-refractivity contribution >= 4 is 27.9 Å². The number of fused-ring (bicyclic) bond motifs is 5. The molecule has 2 heterocycles. The van der Waals surface area contributed by atoms with Crippen LogP contribution in [0.5, 0.6) is 0 Å². The van der Waals surface area contributed by atoms with E-state index >= 15 is 0 Å². The molecule has 0 radical (unpaired) electrons. The second-order valence-electron chi connectivity index (χ2n) is 11.4. The van der Waals surface area contributed by atoms with Gasteiger partial charge in [-0.1, -0.05) is 111 Å². The number of aromatic nitrogens is 1. The molecule has 0 saturated heterocycles. The first-order chi connectivity index (χ1) is 20.5. The fraction of sp³-hybridized carbons (Fsp3) is 0.100. The van der Waals surface area contributed by atoms with Crippen LogP contribution in [0.3, 0.4) is 0 Å². The molecular formula is C40H33NO. The van der Waals surface area contributed by atoms with E-state index in [1.165, 1.54) is 27.6 Å². The SMILES string of the molecule is C/C=C\C=C/c1cc2cccc(-c3cccn(-c4ccccc4)c4cc5c(cc4cc3)C(C)(C)c3ccccc3-5)c2o1. The van der Waals surface area contributed by atoms with Gasteiger partial charge in [0.25, 0.3) is 0 Å². The molecule has 2 nitrogen and oxygen atoms in total. The normalized spacial score (nSPS) is 13.6. The van der Waals surface area contributed by atoms with E-state index in [1.54, 1.807) is 0 Å². The molecule has 0 aliphatic heterocycles. The Morgan fingerprint density at radius 3 is 2.31 bits per heavy atom. The van der Waals surface area contributed by atoms with Gasteiger partial charge in [-0.05, 0) is 82.6 Å². The second-order valence-corrected chi connectivity index (χ2v) is 11.4. The van der Waals surface area contributed by atoms with Crippen LogP contribution < -0.4 is 0 Å². The fourth-order valence-corrected chi connectivity index (χ4v) is 6.29. The summed E-state index contributed by atoms with van der Waals surface area (Å²) in [7, 11) is 0. The zero-order valence-corrected chi connectivity index (χ0v) is 24.2. The summed E-state index contributed by atoms with van der Waals surface area (Å²) in [4.78, 5) is 0. The van der Waals surface area contributed by atoms with E-state index in [-0.39, 0.29) is 5.41 Å². The van der Waals surface area contributed by atoms with Gasteiger partial charge in [-0.25, -0.2) is 0 Å². The summed E-state index contributed by atoms with van der Waals surface area (Å²) in [6.07, 6.45) is 10.2. The first-order valence-corrected chi connectivity index (χ1v) is 14.6. The number of furan rings is 1. The Morgan fingerprint density at radius 1 is 0.643 bits per heavy atom. The molecule has 0 spiro atoms. The number of para-hydroxylation sites is 2. The van der Waals surface area contributed by atoms with E-state index < -0.39 is 0 Å². The lowest BCUT2D eigenvalue weighted by molar-refractivity contribution is 0.605. The van der Waals surface area contributed by atoms with E-state index in [0.29, 0.717) is 0 Å². The molecule has 6 aromatic rings. The number of allylic oxidation sites excluding steroid dienone is 3. The topological polar surface area (TPSA) is 18.1 Å². The molecule has 4 aromatic carbocycles. The number of benzene rings is 4. The van der Waals surface area contributed by atoms with Gasteiger partial charge < -0.3 is 8.98 Å². The van der Waals surface area contributed by atoms with Gasteiger partial charge in [-0.2, -0.15) is 0 Å². The van der Waals surface area contributed by atoms with E-state index in [2.05, 4.69) is 140 Å². The molecule has 0 fully saturated rings. The molecule has 2 aromatic heterocycles. The molecule has 204 valence electrons. The van der Waals surface area contributed by atoms with Crippen molar-refractivity contribution in [3.05, 3.63) is 157 Å². The molecule has 0 atom stereocenters. The summed E-state index contributed by atoms with van der Waals surface area (Å²) < 4.78 is 8.65. The highest BCUT2D eigenvalue weighted by molar-refractivity contribution is 5.95. The lowest BCUT2D eigenvalue weighted by Gasteiger charge is -2.21. The third-order valence-corrected chi connectivity index (χ3v) is 8.42. The number of hydrogen-bond donors (Lipinski definition) is 0. The van der Waals surface area contributed by atoms with Gasteiger partial charge >= 0.3 is 0 Å². The summed E-state index contributed by atoms with van der Waals surface area (Å²) in [5.74, 6) is 0.844. The molecule has 0 N–H and O–H groups in total. The van der Waals surface area contributed by atoms with E-state index in [1.807, 2.05) is 31.2 Å². The van der Waals surface area contributed by atoms with E-state index in [9.17, 15) is 0 Å². The molecule has 0 amide bonds. The van der Waals surface area contributed by atoms with Crippen LogP contribution in [0.4, 0.5) is 0 Å². The first-order valence-electron chi connectivity index (χ1n) is 14.6. The molecule has 1 aliphatic rings. The minimum Gasteiger partial charge on any atom is -0.456 e. The van der Waals surface area contributed by atoms with Crippen molar-refractivity contribution in [2.24, 2.45) is 0 Å². The minimum atomic E-state index is -0.0735. The highest BCUT2D eigenvalue weighted by Crippen LogP contribution is 2.49. The van der Waals surface area contributed by atoms with Gasteiger partial charge in [-0.15, -0.1) is 0 Å². The van der Waals surface area contributed by atoms with E-state index in [0.717, 1.165) is 39.1 Å². The minimum absolute atomic E-state index is 0.0735. The molecular weight excluding hydrogens is 510 g/mol. The number of hydrogen-bond acceptors (Lipinski definition) is 1. The van der Waals surface area contributed by atoms with Gasteiger partial charge in [0, 0.05) is 28.2 Å². The Hall–Kier alpha value is -5.08. The summed E-state index contributed by atoms with van der Waals surface area (Å²) in [6.45, 7) is 6.68. The smallest absolute Gasteiger partial charge is 0.142 e. The van der Waals surface area contributed by atoms with Crippen molar-refractivity contribution in [1.82, 2.24) is 4.57 Å². The van der Waals surface area contributed by atoms with Crippen LogP contribution in [0.1, 0.15) is 37.7 Å². The Morgan fingerprint density at radius 2 is 1.45 bits per heavy atom. The molecule has 0 bridgehead atoms. The van der Waals surface area contributed by atoms with Crippen LogP contribution in [0.2, 0.25) is 0 Å². The summed E-state index contributed by atoms with van der Waals surface area (Å²) in [5, 5.41) is 2.27. The van der Waals surface area contributed by atoms with Crippen LogP contribution in [0.15, 0.2) is 144 Å². The third-order valence-electron chi connectivity index (χ3n) is 8.42. The Balaban J connectivity index is 1.49. The largest absolute Gasteiger partial charge is 0.456 e. The number of rotatable bonds is 4. The molecule has 42 heavy (non-hydrogen) atoms. The zero-order chi connectivity index (χ0) is 28.7. The van der Waals surface area contributed by atoms with Crippen molar-refractivity contribution in [1.29, 1.82) is 0 Å².